The van der Waals surface area contributed by atoms with Crippen molar-refractivity contribution in [2.45, 2.75) is 47.0 Å². The lowest BCUT2D eigenvalue weighted by Crippen LogP contribution is -2.08. The third-order valence-electron chi connectivity index (χ3n) is 2.96. The molecule has 0 saturated carbocycles. The Labute approximate surface area is 112 Å². The number of aryl methyl sites for hydroxylation is 3. The molecule has 0 unspecified atom stereocenters. The molecule has 18 heavy (non-hydrogen) atoms. The molecule has 2 N–H and O–H groups in total. The van der Waals surface area contributed by atoms with Crippen LogP contribution in [0.5, 0.6) is 5.75 Å². The third kappa shape index (κ3) is 4.69. The van der Waals surface area contributed by atoms with Crippen LogP contribution in [-0.2, 0) is 6.42 Å². The first-order valence-electron chi connectivity index (χ1n) is 6.97. The van der Waals surface area contributed by atoms with Crippen LogP contribution in [0.2, 0.25) is 0 Å². The quantitative estimate of drug-likeness (QED) is 0.749. The lowest BCUT2D eigenvalue weighted by atomic mass is 10.0. The van der Waals surface area contributed by atoms with E-state index in [1.807, 2.05) is 0 Å². The standard InChI is InChI=1S/C16H27NO/c1-12(2)11-18-16-14(4)9-13(3)10-15(16)7-5-6-8-17/h9-10,12H,5-8,11,17H2,1-4H3. The van der Waals surface area contributed by atoms with Crippen LogP contribution in [0.3, 0.4) is 0 Å². The van der Waals surface area contributed by atoms with Gasteiger partial charge in [0.15, 0.2) is 0 Å². The van der Waals surface area contributed by atoms with E-state index >= 15 is 0 Å². The van der Waals surface area contributed by atoms with Gasteiger partial charge in [-0.05, 0) is 56.7 Å². The first-order valence-corrected chi connectivity index (χ1v) is 6.97. The highest BCUT2D eigenvalue weighted by Crippen LogP contribution is 2.27. The molecule has 1 rings (SSSR count). The monoisotopic (exact) mass is 249 g/mol. The van der Waals surface area contributed by atoms with E-state index < -0.39 is 0 Å². The van der Waals surface area contributed by atoms with Gasteiger partial charge in [-0.25, -0.2) is 0 Å². The Morgan fingerprint density at radius 1 is 1.17 bits per heavy atom. The van der Waals surface area contributed by atoms with Crippen LogP contribution in [0.4, 0.5) is 0 Å². The minimum Gasteiger partial charge on any atom is -0.493 e. The molecule has 102 valence electrons. The molecular weight excluding hydrogens is 222 g/mol. The van der Waals surface area contributed by atoms with Gasteiger partial charge in [-0.2, -0.15) is 0 Å². The summed E-state index contributed by atoms with van der Waals surface area (Å²) in [5.74, 6) is 1.65. The zero-order valence-corrected chi connectivity index (χ0v) is 12.3. The van der Waals surface area contributed by atoms with Crippen molar-refractivity contribution in [2.75, 3.05) is 13.2 Å². The van der Waals surface area contributed by atoms with E-state index in [9.17, 15) is 0 Å². The van der Waals surface area contributed by atoms with Crippen molar-refractivity contribution < 1.29 is 4.74 Å². The van der Waals surface area contributed by atoms with Crippen molar-refractivity contribution in [2.24, 2.45) is 11.7 Å². The number of hydrogen-bond acceptors (Lipinski definition) is 2. The summed E-state index contributed by atoms with van der Waals surface area (Å²) >= 11 is 0. The molecule has 1 aromatic carbocycles. The molecule has 0 aliphatic carbocycles. The molecule has 2 heteroatoms. The molecule has 0 saturated heterocycles. The average Bonchev–Trinajstić information content (AvgIpc) is 2.27. The van der Waals surface area contributed by atoms with E-state index in [0.29, 0.717) is 5.92 Å². The average molecular weight is 249 g/mol. The smallest absolute Gasteiger partial charge is 0.125 e. The van der Waals surface area contributed by atoms with Crippen LogP contribution >= 0.6 is 0 Å². The predicted molar refractivity (Wildman–Crippen MR) is 78.2 cm³/mol. The largest absolute Gasteiger partial charge is 0.493 e. The van der Waals surface area contributed by atoms with Crippen LogP contribution < -0.4 is 10.5 Å². The molecule has 2 nitrogen and oxygen atoms in total. The minimum atomic E-state index is 0.558. The highest BCUT2D eigenvalue weighted by atomic mass is 16.5. The van der Waals surface area contributed by atoms with Crippen molar-refractivity contribution in [3.8, 4) is 5.75 Å². The SMILES string of the molecule is Cc1cc(C)c(OCC(C)C)c(CCCCN)c1. The highest BCUT2D eigenvalue weighted by molar-refractivity contribution is 5.44. The highest BCUT2D eigenvalue weighted by Gasteiger charge is 2.09. The van der Waals surface area contributed by atoms with Crippen LogP contribution in [-0.4, -0.2) is 13.2 Å². The Kier molecular flexibility index (Phi) is 6.20. The van der Waals surface area contributed by atoms with Crippen LogP contribution in [0.15, 0.2) is 12.1 Å². The van der Waals surface area contributed by atoms with Crippen molar-refractivity contribution in [3.63, 3.8) is 0 Å². The normalized spacial score (nSPS) is 11.0. The predicted octanol–water partition coefficient (Wildman–Crippen LogP) is 3.62. The second-order valence-electron chi connectivity index (χ2n) is 5.52. The molecule has 0 aromatic heterocycles. The van der Waals surface area contributed by atoms with Crippen LogP contribution in [0.1, 0.15) is 43.4 Å². The molecule has 0 spiro atoms. The van der Waals surface area contributed by atoms with Gasteiger partial charge in [0.25, 0.3) is 0 Å². The van der Waals surface area contributed by atoms with Crippen molar-refractivity contribution in [1.29, 1.82) is 0 Å². The van der Waals surface area contributed by atoms with Crippen LogP contribution in [0, 0.1) is 19.8 Å². The zero-order valence-electron chi connectivity index (χ0n) is 12.3. The van der Waals surface area contributed by atoms with E-state index in [4.69, 9.17) is 10.5 Å². The van der Waals surface area contributed by atoms with Gasteiger partial charge in [-0.3, -0.25) is 0 Å². The maximum atomic E-state index is 5.98. The maximum Gasteiger partial charge on any atom is 0.125 e. The number of rotatable bonds is 7. The molecule has 0 radical (unpaired) electrons. The van der Waals surface area contributed by atoms with Gasteiger partial charge in [0, 0.05) is 0 Å². The second-order valence-corrected chi connectivity index (χ2v) is 5.52. The minimum absolute atomic E-state index is 0.558. The van der Waals surface area contributed by atoms with E-state index in [0.717, 1.165) is 38.2 Å². The molecule has 0 aliphatic heterocycles. The number of benzene rings is 1. The topological polar surface area (TPSA) is 35.2 Å². The van der Waals surface area contributed by atoms with Gasteiger partial charge < -0.3 is 10.5 Å². The fraction of sp³-hybridized carbons (Fsp3) is 0.625. The summed E-state index contributed by atoms with van der Waals surface area (Å²) < 4.78 is 5.98. The Morgan fingerprint density at radius 2 is 1.89 bits per heavy atom. The summed E-state index contributed by atoms with van der Waals surface area (Å²) in [6, 6.07) is 4.45. The van der Waals surface area contributed by atoms with Crippen LogP contribution in [0.25, 0.3) is 0 Å². The number of unbranched alkanes of at least 4 members (excludes halogenated alkanes) is 1. The van der Waals surface area contributed by atoms with Gasteiger partial charge >= 0.3 is 0 Å². The van der Waals surface area contributed by atoms with E-state index in [2.05, 4.69) is 39.8 Å². The maximum absolute atomic E-state index is 5.98. The lowest BCUT2D eigenvalue weighted by Gasteiger charge is -2.16. The molecule has 0 amide bonds. The van der Waals surface area contributed by atoms with Gasteiger partial charge in [0.05, 0.1) is 6.61 Å². The fourth-order valence-electron chi connectivity index (χ4n) is 2.14. The Bertz CT molecular complexity index is 372. The molecule has 0 heterocycles. The van der Waals surface area contributed by atoms with E-state index in [1.165, 1.54) is 16.7 Å². The molecule has 0 atom stereocenters. The lowest BCUT2D eigenvalue weighted by molar-refractivity contribution is 0.266. The molecule has 0 aliphatic rings. The van der Waals surface area contributed by atoms with Crippen molar-refractivity contribution in [3.05, 3.63) is 28.8 Å². The number of ether oxygens (including phenoxy) is 1. The first kappa shape index (κ1) is 15.0. The summed E-state index contributed by atoms with van der Waals surface area (Å²) in [7, 11) is 0. The van der Waals surface area contributed by atoms with Gasteiger partial charge in [-0.15, -0.1) is 0 Å². The summed E-state index contributed by atoms with van der Waals surface area (Å²) in [5.41, 5.74) is 9.45. The third-order valence-corrected chi connectivity index (χ3v) is 2.96. The van der Waals surface area contributed by atoms with E-state index in [1.54, 1.807) is 0 Å². The number of nitrogens with two attached hydrogens (primary N) is 1. The summed E-state index contributed by atoms with van der Waals surface area (Å²) in [6.45, 7) is 10.2. The summed E-state index contributed by atoms with van der Waals surface area (Å²) in [6.07, 6.45) is 3.28. The van der Waals surface area contributed by atoms with Gasteiger partial charge in [0.1, 0.15) is 5.75 Å². The Hall–Kier alpha value is -1.02. The summed E-state index contributed by atoms with van der Waals surface area (Å²) in [5, 5.41) is 0. The van der Waals surface area contributed by atoms with Gasteiger partial charge in [0.2, 0.25) is 0 Å². The molecule has 0 fully saturated rings. The Morgan fingerprint density at radius 3 is 2.50 bits per heavy atom. The summed E-state index contributed by atoms with van der Waals surface area (Å²) in [4.78, 5) is 0. The van der Waals surface area contributed by atoms with Gasteiger partial charge in [-0.1, -0.05) is 31.5 Å². The van der Waals surface area contributed by atoms with Crippen molar-refractivity contribution >= 4 is 0 Å². The molecule has 1 aromatic rings. The number of hydrogen-bond donors (Lipinski definition) is 1. The molecular formula is C16H27NO. The first-order chi connectivity index (χ1) is 8.54. The van der Waals surface area contributed by atoms with Crippen molar-refractivity contribution in [1.82, 2.24) is 0 Å². The second kappa shape index (κ2) is 7.42. The molecule has 0 bridgehead atoms. The zero-order chi connectivity index (χ0) is 13.5. The Balaban J connectivity index is 2.83. The van der Waals surface area contributed by atoms with E-state index in [-0.39, 0.29) is 0 Å². The fourth-order valence-corrected chi connectivity index (χ4v) is 2.14.